The second kappa shape index (κ2) is 38.1. The first kappa shape index (κ1) is 56.7. The Bertz CT molecular complexity index is 1120. The molecule has 1 aliphatic rings. The summed E-state index contributed by atoms with van der Waals surface area (Å²) >= 11 is 0. The van der Waals surface area contributed by atoms with E-state index >= 15 is 0 Å². The number of hydrogen-bond donors (Lipinski definition) is 4. The molecule has 0 aliphatic carbocycles. The third kappa shape index (κ3) is 32.3. The predicted molar refractivity (Wildman–Crippen MR) is 238 cm³/mol. The molecule has 0 aromatic rings. The molecule has 1 heterocycles. The molecule has 6 atom stereocenters. The fourth-order valence-electron chi connectivity index (χ4n) is 7.86. The van der Waals surface area contributed by atoms with Gasteiger partial charge in [0.15, 0.2) is 12.4 Å². The van der Waals surface area contributed by atoms with Gasteiger partial charge in [-0.1, -0.05) is 206 Å². The summed E-state index contributed by atoms with van der Waals surface area (Å²) in [5, 5.41) is 30.9. The molecule has 1 aliphatic heterocycles. The van der Waals surface area contributed by atoms with Gasteiger partial charge in [0.2, 0.25) is 0 Å². The average molecular weight is 879 g/mol. The number of carbonyl (C=O) groups is 2. The SMILES string of the molecule is CCCCCCCCCCCCCCCCCCCCCC(=O)O[C@H](COC(=O)CCCCCCCCCCCCCCC)CO[C@H]1O[C@H](CS(=O)(=O)O)[C@@H](O)C(O)C1O. The van der Waals surface area contributed by atoms with E-state index in [1.165, 1.54) is 154 Å². The Morgan fingerprint density at radius 2 is 0.850 bits per heavy atom. The number of carbonyl (C=O) groups excluding carboxylic acids is 2. The second-order valence-corrected chi connectivity index (χ2v) is 19.0. The van der Waals surface area contributed by atoms with Crippen LogP contribution in [0.1, 0.15) is 232 Å². The van der Waals surface area contributed by atoms with Crippen LogP contribution in [0.5, 0.6) is 0 Å². The minimum Gasteiger partial charge on any atom is -0.462 e. The van der Waals surface area contributed by atoms with Crippen molar-refractivity contribution < 1.29 is 56.8 Å². The molecule has 1 fully saturated rings. The van der Waals surface area contributed by atoms with Crippen LogP contribution < -0.4 is 0 Å². The first-order valence-electron chi connectivity index (χ1n) is 24.6. The van der Waals surface area contributed by atoms with E-state index in [1.54, 1.807) is 0 Å². The van der Waals surface area contributed by atoms with E-state index in [2.05, 4.69) is 13.8 Å². The summed E-state index contributed by atoms with van der Waals surface area (Å²) < 4.78 is 54.1. The maximum absolute atomic E-state index is 12.8. The first-order chi connectivity index (χ1) is 29.0. The van der Waals surface area contributed by atoms with Crippen LogP contribution in [0, 0.1) is 0 Å². The Morgan fingerprint density at radius 3 is 1.22 bits per heavy atom. The van der Waals surface area contributed by atoms with Crippen molar-refractivity contribution in [2.24, 2.45) is 0 Å². The summed E-state index contributed by atoms with van der Waals surface area (Å²) in [7, 11) is -4.60. The number of aliphatic hydroxyl groups excluding tert-OH is 3. The smallest absolute Gasteiger partial charge is 0.306 e. The Labute approximate surface area is 365 Å². The molecular formula is C47H90O12S. The highest BCUT2D eigenvalue weighted by Gasteiger charge is 2.46. The summed E-state index contributed by atoms with van der Waals surface area (Å²) in [6.07, 6.45) is 30.0. The van der Waals surface area contributed by atoms with Crippen LogP contribution in [0.2, 0.25) is 0 Å². The zero-order valence-electron chi connectivity index (χ0n) is 38.1. The van der Waals surface area contributed by atoms with E-state index in [-0.39, 0.29) is 19.4 Å². The average Bonchev–Trinajstić information content (AvgIpc) is 3.21. The molecule has 0 amide bonds. The van der Waals surface area contributed by atoms with E-state index < -0.39 is 71.2 Å². The second-order valence-electron chi connectivity index (χ2n) is 17.5. The fraction of sp³-hybridized carbons (Fsp3) is 0.957. The van der Waals surface area contributed by atoms with Crippen molar-refractivity contribution >= 4 is 22.1 Å². The van der Waals surface area contributed by atoms with E-state index in [0.29, 0.717) is 12.8 Å². The lowest BCUT2D eigenvalue weighted by Gasteiger charge is -2.40. The molecule has 0 saturated carbocycles. The molecule has 0 aromatic heterocycles. The van der Waals surface area contributed by atoms with Gasteiger partial charge in [0.25, 0.3) is 10.1 Å². The Kier molecular flexibility index (Phi) is 36.0. The molecular weight excluding hydrogens is 789 g/mol. The van der Waals surface area contributed by atoms with Crippen LogP contribution >= 0.6 is 0 Å². The Morgan fingerprint density at radius 1 is 0.500 bits per heavy atom. The van der Waals surface area contributed by atoms with Crippen LogP contribution in [0.25, 0.3) is 0 Å². The summed E-state index contributed by atoms with van der Waals surface area (Å²) in [6.45, 7) is 3.79. The largest absolute Gasteiger partial charge is 0.462 e. The van der Waals surface area contributed by atoms with E-state index in [0.717, 1.165) is 38.5 Å². The van der Waals surface area contributed by atoms with Crippen molar-refractivity contribution in [1.29, 1.82) is 0 Å². The molecule has 60 heavy (non-hydrogen) atoms. The van der Waals surface area contributed by atoms with Crippen molar-refractivity contribution in [2.45, 2.75) is 269 Å². The molecule has 1 rings (SSSR count). The van der Waals surface area contributed by atoms with Crippen LogP contribution in [0.3, 0.4) is 0 Å². The number of unbranched alkanes of at least 4 members (excludes halogenated alkanes) is 30. The molecule has 356 valence electrons. The lowest BCUT2D eigenvalue weighted by Crippen LogP contribution is -2.60. The molecule has 0 spiro atoms. The molecule has 0 aromatic carbocycles. The molecule has 4 N–H and O–H groups in total. The monoisotopic (exact) mass is 879 g/mol. The van der Waals surface area contributed by atoms with Crippen molar-refractivity contribution in [2.75, 3.05) is 19.0 Å². The lowest BCUT2D eigenvalue weighted by molar-refractivity contribution is -0.297. The molecule has 13 heteroatoms. The van der Waals surface area contributed by atoms with Gasteiger partial charge in [0.05, 0.1) is 6.61 Å². The summed E-state index contributed by atoms with van der Waals surface area (Å²) in [4.78, 5) is 25.4. The summed E-state index contributed by atoms with van der Waals surface area (Å²) in [5.41, 5.74) is 0. The third-order valence-corrected chi connectivity index (χ3v) is 12.4. The van der Waals surface area contributed by atoms with Crippen molar-refractivity contribution in [3.8, 4) is 0 Å². The Hall–Kier alpha value is -1.35. The maximum atomic E-state index is 12.8. The third-order valence-electron chi connectivity index (χ3n) is 11.7. The molecule has 1 saturated heterocycles. The number of hydrogen-bond acceptors (Lipinski definition) is 11. The van der Waals surface area contributed by atoms with Crippen molar-refractivity contribution in [3.63, 3.8) is 0 Å². The normalized spacial score (nSPS) is 20.0. The highest BCUT2D eigenvalue weighted by Crippen LogP contribution is 2.24. The highest BCUT2D eigenvalue weighted by molar-refractivity contribution is 7.85. The quantitative estimate of drug-likeness (QED) is 0.0259. The summed E-state index contributed by atoms with van der Waals surface area (Å²) in [5.74, 6) is -1.96. The van der Waals surface area contributed by atoms with E-state index in [4.69, 9.17) is 18.9 Å². The van der Waals surface area contributed by atoms with Gasteiger partial charge in [0.1, 0.15) is 36.8 Å². The fourth-order valence-corrected chi connectivity index (χ4v) is 8.55. The van der Waals surface area contributed by atoms with E-state index in [1.807, 2.05) is 0 Å². The molecule has 2 unspecified atom stereocenters. The zero-order valence-corrected chi connectivity index (χ0v) is 38.9. The lowest BCUT2D eigenvalue weighted by atomic mass is 10.00. The van der Waals surface area contributed by atoms with Crippen LogP contribution in [-0.4, -0.2) is 96.0 Å². The predicted octanol–water partition coefficient (Wildman–Crippen LogP) is 10.5. The van der Waals surface area contributed by atoms with Gasteiger partial charge in [-0.15, -0.1) is 0 Å². The van der Waals surface area contributed by atoms with Crippen LogP contribution in [-0.2, 0) is 38.7 Å². The minimum atomic E-state index is -4.60. The number of esters is 2. The van der Waals surface area contributed by atoms with Gasteiger partial charge in [-0.2, -0.15) is 8.42 Å². The maximum Gasteiger partial charge on any atom is 0.306 e. The highest BCUT2D eigenvalue weighted by atomic mass is 32.2. The van der Waals surface area contributed by atoms with Crippen LogP contribution in [0.15, 0.2) is 0 Å². The summed E-state index contributed by atoms with van der Waals surface area (Å²) in [6, 6.07) is 0. The van der Waals surface area contributed by atoms with Gasteiger partial charge < -0.3 is 34.3 Å². The number of aliphatic hydroxyl groups is 3. The van der Waals surface area contributed by atoms with Crippen molar-refractivity contribution in [3.05, 3.63) is 0 Å². The van der Waals surface area contributed by atoms with Gasteiger partial charge >= 0.3 is 11.9 Å². The van der Waals surface area contributed by atoms with Gasteiger partial charge in [-0.3, -0.25) is 14.1 Å². The standard InChI is InChI=1S/C47H90O12S/c1-3-5-7-9-11-13-15-17-18-19-20-21-22-24-26-28-30-32-34-36-43(49)58-40(38-57-47-46(52)45(51)44(50)41(59-47)39-60(53,54)55)37-56-42(48)35-33-31-29-27-25-23-16-14-12-10-8-6-4-2/h40-41,44-47,50-52H,3-39H2,1-2H3,(H,53,54,55)/t40-,41-,44-,45?,46?,47+/m1/s1. The molecule has 0 radical (unpaired) electrons. The minimum absolute atomic E-state index is 0.173. The molecule has 12 nitrogen and oxygen atoms in total. The van der Waals surface area contributed by atoms with Crippen LogP contribution in [0.4, 0.5) is 0 Å². The molecule has 0 bridgehead atoms. The van der Waals surface area contributed by atoms with Crippen molar-refractivity contribution in [1.82, 2.24) is 0 Å². The van der Waals surface area contributed by atoms with Gasteiger partial charge in [-0.05, 0) is 12.8 Å². The van der Waals surface area contributed by atoms with E-state index in [9.17, 15) is 37.9 Å². The van der Waals surface area contributed by atoms with Gasteiger partial charge in [0, 0.05) is 12.8 Å². The first-order valence-corrected chi connectivity index (χ1v) is 26.2. The number of ether oxygens (including phenoxy) is 4. The van der Waals surface area contributed by atoms with Gasteiger partial charge in [-0.25, -0.2) is 0 Å². The zero-order chi connectivity index (χ0) is 44.1. The number of rotatable bonds is 42. The topological polar surface area (TPSA) is 186 Å². The Balaban J connectivity index is 2.37.